The van der Waals surface area contributed by atoms with Gasteiger partial charge in [0.1, 0.15) is 11.9 Å². The van der Waals surface area contributed by atoms with E-state index in [4.69, 9.17) is 9.47 Å². The Balaban J connectivity index is 1.83. The molecule has 2 aliphatic carbocycles. The van der Waals surface area contributed by atoms with Crippen LogP contribution in [-0.4, -0.2) is 24.9 Å². The van der Waals surface area contributed by atoms with Gasteiger partial charge in [-0.25, -0.2) is 0 Å². The van der Waals surface area contributed by atoms with Gasteiger partial charge in [-0.3, -0.25) is 0 Å². The Kier molecular flexibility index (Phi) is 3.98. The first-order valence-corrected chi connectivity index (χ1v) is 8.33. The van der Waals surface area contributed by atoms with Gasteiger partial charge in [-0.1, -0.05) is 39.0 Å². The Bertz CT molecular complexity index is 539. The molecule has 0 saturated heterocycles. The minimum absolute atomic E-state index is 0.0158. The highest BCUT2D eigenvalue weighted by Gasteiger charge is 2.62. The summed E-state index contributed by atoms with van der Waals surface area (Å²) in [6.07, 6.45) is 3.53. The van der Waals surface area contributed by atoms with Crippen LogP contribution in [0.2, 0.25) is 0 Å². The second kappa shape index (κ2) is 5.54. The highest BCUT2D eigenvalue weighted by Crippen LogP contribution is 2.66. The molecule has 0 radical (unpaired) electrons. The molecule has 2 bridgehead atoms. The molecule has 0 spiro atoms. The molecule has 22 heavy (non-hydrogen) atoms. The van der Waals surface area contributed by atoms with E-state index in [1.807, 2.05) is 24.3 Å². The lowest BCUT2D eigenvalue weighted by Crippen LogP contribution is -2.38. The number of para-hydroxylation sites is 1. The predicted molar refractivity (Wildman–Crippen MR) is 86.9 cm³/mol. The summed E-state index contributed by atoms with van der Waals surface area (Å²) >= 11 is 0. The van der Waals surface area contributed by atoms with Gasteiger partial charge in [-0.2, -0.15) is 0 Å². The maximum Gasteiger partial charge on any atom is 0.124 e. The van der Waals surface area contributed by atoms with Crippen molar-refractivity contribution in [3.63, 3.8) is 0 Å². The molecule has 2 fully saturated rings. The lowest BCUT2D eigenvalue weighted by Gasteiger charge is -2.40. The molecule has 2 aliphatic rings. The molecule has 0 aromatic heterocycles. The van der Waals surface area contributed by atoms with Crippen LogP contribution in [0.15, 0.2) is 24.3 Å². The molecular formula is C19H28O3. The van der Waals surface area contributed by atoms with Crippen LogP contribution in [0.1, 0.15) is 51.7 Å². The zero-order valence-corrected chi connectivity index (χ0v) is 14.1. The lowest BCUT2D eigenvalue weighted by molar-refractivity contribution is -0.103. The van der Waals surface area contributed by atoms with Gasteiger partial charge in [0.15, 0.2) is 0 Å². The summed E-state index contributed by atoms with van der Waals surface area (Å²) in [7, 11) is 1.66. The van der Waals surface area contributed by atoms with Crippen molar-refractivity contribution < 1.29 is 14.6 Å². The maximum atomic E-state index is 9.86. The average molecular weight is 304 g/mol. The molecular weight excluding hydrogens is 276 g/mol. The predicted octanol–water partition coefficient (Wildman–Crippen LogP) is 3.96. The van der Waals surface area contributed by atoms with E-state index in [1.165, 1.54) is 12.8 Å². The monoisotopic (exact) mass is 304 g/mol. The third kappa shape index (κ3) is 2.17. The van der Waals surface area contributed by atoms with E-state index in [0.717, 1.165) is 23.7 Å². The van der Waals surface area contributed by atoms with Crippen molar-refractivity contribution in [1.82, 2.24) is 0 Å². The molecule has 1 aromatic rings. The van der Waals surface area contributed by atoms with Gasteiger partial charge in [0.05, 0.1) is 19.8 Å². The van der Waals surface area contributed by atoms with Crippen LogP contribution in [-0.2, 0) is 4.74 Å². The summed E-state index contributed by atoms with van der Waals surface area (Å²) in [6, 6.07) is 7.82. The summed E-state index contributed by atoms with van der Waals surface area (Å²) < 4.78 is 11.9. The summed E-state index contributed by atoms with van der Waals surface area (Å²) in [5, 5.41) is 9.86. The Morgan fingerprint density at radius 3 is 2.55 bits per heavy atom. The van der Waals surface area contributed by atoms with E-state index in [2.05, 4.69) is 20.8 Å². The highest BCUT2D eigenvalue weighted by atomic mass is 16.5. The Labute approximate surface area is 133 Å². The minimum atomic E-state index is -0.312. The molecule has 3 nitrogen and oxygen atoms in total. The minimum Gasteiger partial charge on any atom is -0.496 e. The third-order valence-electron chi connectivity index (χ3n) is 6.69. The van der Waals surface area contributed by atoms with Gasteiger partial charge in [0, 0.05) is 5.56 Å². The van der Waals surface area contributed by atoms with Crippen molar-refractivity contribution in [1.29, 1.82) is 0 Å². The van der Waals surface area contributed by atoms with Crippen molar-refractivity contribution in [3.8, 4) is 5.75 Å². The van der Waals surface area contributed by atoms with Gasteiger partial charge < -0.3 is 14.6 Å². The van der Waals surface area contributed by atoms with Crippen molar-refractivity contribution in [3.05, 3.63) is 29.8 Å². The van der Waals surface area contributed by atoms with Crippen molar-refractivity contribution in [2.45, 2.75) is 52.2 Å². The van der Waals surface area contributed by atoms with Crippen LogP contribution >= 0.6 is 0 Å². The van der Waals surface area contributed by atoms with Gasteiger partial charge in [-0.05, 0) is 42.1 Å². The number of rotatable bonds is 5. The first-order valence-electron chi connectivity index (χ1n) is 8.33. The third-order valence-corrected chi connectivity index (χ3v) is 6.69. The fourth-order valence-electron chi connectivity index (χ4n) is 4.68. The summed E-state index contributed by atoms with van der Waals surface area (Å²) in [4.78, 5) is 0. The second-order valence-corrected chi connectivity index (χ2v) is 7.65. The van der Waals surface area contributed by atoms with Gasteiger partial charge in [0.2, 0.25) is 0 Å². The topological polar surface area (TPSA) is 38.7 Å². The fourth-order valence-corrected chi connectivity index (χ4v) is 4.68. The number of hydrogen-bond donors (Lipinski definition) is 1. The number of aliphatic hydroxyl groups excluding tert-OH is 1. The van der Waals surface area contributed by atoms with E-state index in [9.17, 15) is 5.11 Å². The van der Waals surface area contributed by atoms with Gasteiger partial charge in [0.25, 0.3) is 0 Å². The Morgan fingerprint density at radius 1 is 1.27 bits per heavy atom. The Morgan fingerprint density at radius 2 is 2.00 bits per heavy atom. The van der Waals surface area contributed by atoms with Crippen LogP contribution in [0.4, 0.5) is 0 Å². The quantitative estimate of drug-likeness (QED) is 0.895. The summed E-state index contributed by atoms with van der Waals surface area (Å²) in [5.41, 5.74) is 1.46. The van der Waals surface area contributed by atoms with E-state index >= 15 is 0 Å². The molecule has 0 aliphatic heterocycles. The molecule has 3 heteroatoms. The van der Waals surface area contributed by atoms with Crippen LogP contribution in [0.3, 0.4) is 0 Å². The number of methoxy groups -OCH3 is 1. The number of fused-ring (bicyclic) bond motifs is 2. The van der Waals surface area contributed by atoms with Crippen molar-refractivity contribution >= 4 is 0 Å². The lowest BCUT2D eigenvalue weighted by atomic mass is 9.70. The normalized spacial score (nSPS) is 33.9. The van der Waals surface area contributed by atoms with Crippen molar-refractivity contribution in [2.24, 2.45) is 16.7 Å². The Hall–Kier alpha value is -1.06. The standard InChI is InChI=1S/C19H28O3/c1-18(2)13-9-10-19(18,3)17(11-13)22-16(12-20)14-7-5-6-8-15(14)21-4/h5-8,13,16-17,20H,9-12H2,1-4H3/t13-,16?,17+,19+/m0/s1. The van der Waals surface area contributed by atoms with Crippen LogP contribution < -0.4 is 4.74 Å². The summed E-state index contributed by atoms with van der Waals surface area (Å²) in [6.45, 7) is 7.11. The molecule has 1 N–H and O–H groups in total. The molecule has 1 unspecified atom stereocenters. The van der Waals surface area contributed by atoms with Crippen molar-refractivity contribution in [2.75, 3.05) is 13.7 Å². The molecule has 122 valence electrons. The van der Waals surface area contributed by atoms with E-state index < -0.39 is 0 Å². The van der Waals surface area contributed by atoms with E-state index in [1.54, 1.807) is 7.11 Å². The molecule has 0 amide bonds. The molecule has 2 saturated carbocycles. The molecule has 4 atom stereocenters. The number of ether oxygens (including phenoxy) is 2. The van der Waals surface area contributed by atoms with E-state index in [-0.39, 0.29) is 24.2 Å². The number of aliphatic hydroxyl groups is 1. The van der Waals surface area contributed by atoms with Crippen LogP contribution in [0.5, 0.6) is 5.75 Å². The zero-order chi connectivity index (χ0) is 16.0. The average Bonchev–Trinajstić information content (AvgIpc) is 2.85. The molecule has 1 aromatic carbocycles. The number of hydrogen-bond acceptors (Lipinski definition) is 3. The fraction of sp³-hybridized carbons (Fsp3) is 0.684. The van der Waals surface area contributed by atoms with Crippen LogP contribution in [0.25, 0.3) is 0 Å². The largest absolute Gasteiger partial charge is 0.496 e. The first kappa shape index (κ1) is 15.8. The zero-order valence-electron chi connectivity index (χ0n) is 14.1. The second-order valence-electron chi connectivity index (χ2n) is 7.65. The SMILES string of the molecule is COc1ccccc1C(CO)O[C@@H]1C[C@@H]2CC[C@@]1(C)C2(C)C. The molecule has 0 heterocycles. The number of benzene rings is 1. The first-order chi connectivity index (χ1) is 10.4. The van der Waals surface area contributed by atoms with Crippen LogP contribution in [0, 0.1) is 16.7 Å². The smallest absolute Gasteiger partial charge is 0.124 e. The maximum absolute atomic E-state index is 9.86. The van der Waals surface area contributed by atoms with Gasteiger partial charge in [-0.15, -0.1) is 0 Å². The summed E-state index contributed by atoms with van der Waals surface area (Å²) in [5.74, 6) is 1.52. The highest BCUT2D eigenvalue weighted by molar-refractivity contribution is 5.35. The van der Waals surface area contributed by atoms with E-state index in [0.29, 0.717) is 5.41 Å². The molecule has 3 rings (SSSR count). The van der Waals surface area contributed by atoms with Gasteiger partial charge >= 0.3 is 0 Å².